The number of hydrogen-bond acceptors (Lipinski definition) is 3. The molecular formula is C21H18ClFN2OS. The van der Waals surface area contributed by atoms with E-state index in [9.17, 15) is 9.18 Å². The van der Waals surface area contributed by atoms with Crippen molar-refractivity contribution < 1.29 is 9.18 Å². The zero-order valence-electron chi connectivity index (χ0n) is 14.6. The van der Waals surface area contributed by atoms with E-state index in [1.54, 1.807) is 41.3 Å². The number of aliphatic imine (C=N–C) groups is 1. The van der Waals surface area contributed by atoms with Crippen LogP contribution in [0.5, 0.6) is 0 Å². The number of benzene rings is 2. The monoisotopic (exact) mass is 400 g/mol. The number of thiocarbonyl (C=S) groups is 1. The van der Waals surface area contributed by atoms with Gasteiger partial charge < -0.3 is 0 Å². The molecule has 1 aliphatic carbocycles. The van der Waals surface area contributed by atoms with Crippen LogP contribution in [-0.4, -0.2) is 27.2 Å². The number of carbonyl (C=O) groups is 1. The van der Waals surface area contributed by atoms with Crippen LogP contribution in [0.3, 0.4) is 0 Å². The van der Waals surface area contributed by atoms with Gasteiger partial charge in [0.15, 0.2) is 0 Å². The maximum atomic E-state index is 13.3. The number of amides is 1. The molecule has 2 aromatic rings. The summed E-state index contributed by atoms with van der Waals surface area (Å²) < 4.78 is 13.3. The lowest BCUT2D eigenvalue weighted by Crippen LogP contribution is -2.50. The van der Waals surface area contributed by atoms with Crippen LogP contribution in [0.2, 0.25) is 5.02 Å². The van der Waals surface area contributed by atoms with E-state index in [4.69, 9.17) is 28.8 Å². The normalized spacial score (nSPS) is 18.7. The summed E-state index contributed by atoms with van der Waals surface area (Å²) >= 11 is 11.6. The summed E-state index contributed by atoms with van der Waals surface area (Å²) in [6.07, 6.45) is 4.66. The maximum absolute atomic E-state index is 13.3. The molecule has 27 heavy (non-hydrogen) atoms. The van der Waals surface area contributed by atoms with Gasteiger partial charge in [-0.2, -0.15) is 0 Å². The molecule has 0 atom stereocenters. The zero-order chi connectivity index (χ0) is 19.0. The van der Waals surface area contributed by atoms with Crippen LogP contribution < -0.4 is 0 Å². The summed E-state index contributed by atoms with van der Waals surface area (Å²) in [5.74, 6) is -0.482. The molecule has 0 unspecified atom stereocenters. The van der Waals surface area contributed by atoms with Gasteiger partial charge in [0.1, 0.15) is 22.2 Å². The fourth-order valence-corrected chi connectivity index (χ4v) is 4.40. The fourth-order valence-electron chi connectivity index (χ4n) is 3.85. The molecule has 4 rings (SSSR count). The standard InChI is InChI=1S/C21H18ClFN2OS/c22-16-8-4-15(5-9-16)19(26)25-20(27)18(14-6-10-17(23)11-7-14)24-21(25)12-2-1-3-13-21/h4-11H,1-3,12-13H2. The minimum absolute atomic E-state index is 0.167. The lowest BCUT2D eigenvalue weighted by molar-refractivity contribution is 0.0648. The first-order chi connectivity index (χ1) is 13.0. The van der Waals surface area contributed by atoms with Crippen molar-refractivity contribution in [3.05, 3.63) is 70.5 Å². The SMILES string of the molecule is O=C(c1ccc(Cl)cc1)N1C(=S)C(c2ccc(F)cc2)=NC12CCCCC2. The summed E-state index contributed by atoms with van der Waals surface area (Å²) in [5, 5.41) is 0.575. The van der Waals surface area contributed by atoms with E-state index in [-0.39, 0.29) is 11.7 Å². The average molecular weight is 401 g/mol. The maximum Gasteiger partial charge on any atom is 0.260 e. The summed E-state index contributed by atoms with van der Waals surface area (Å²) in [4.78, 5) is 20.3. The molecule has 0 aromatic heterocycles. The highest BCUT2D eigenvalue weighted by Gasteiger charge is 2.48. The first-order valence-electron chi connectivity index (χ1n) is 9.00. The number of halogens is 2. The lowest BCUT2D eigenvalue weighted by Gasteiger charge is -2.38. The summed E-state index contributed by atoms with van der Waals surface area (Å²) in [7, 11) is 0. The smallest absolute Gasteiger partial charge is 0.260 e. The second-order valence-corrected chi connectivity index (χ2v) is 7.79. The van der Waals surface area contributed by atoms with Crippen molar-refractivity contribution in [2.24, 2.45) is 4.99 Å². The van der Waals surface area contributed by atoms with Crippen LogP contribution in [0.4, 0.5) is 4.39 Å². The van der Waals surface area contributed by atoms with Crippen LogP contribution in [0.15, 0.2) is 53.5 Å². The molecule has 1 amide bonds. The number of carbonyl (C=O) groups excluding carboxylic acids is 1. The number of nitrogens with zero attached hydrogens (tertiary/aromatic N) is 2. The van der Waals surface area contributed by atoms with E-state index >= 15 is 0 Å². The molecule has 1 fully saturated rings. The van der Waals surface area contributed by atoms with Gasteiger partial charge in [-0.25, -0.2) is 4.39 Å². The topological polar surface area (TPSA) is 32.7 Å². The minimum atomic E-state index is -0.643. The molecule has 6 heteroatoms. The van der Waals surface area contributed by atoms with Crippen LogP contribution in [0, 0.1) is 5.82 Å². The second kappa shape index (κ2) is 7.13. The molecule has 3 nitrogen and oxygen atoms in total. The first kappa shape index (κ1) is 18.3. The number of hydrogen-bond donors (Lipinski definition) is 0. The third-order valence-corrected chi connectivity index (χ3v) is 5.84. The van der Waals surface area contributed by atoms with Gasteiger partial charge in [-0.1, -0.05) is 30.2 Å². The Hall–Kier alpha value is -2.11. The highest BCUT2D eigenvalue weighted by Crippen LogP contribution is 2.41. The second-order valence-electron chi connectivity index (χ2n) is 6.96. The Bertz CT molecular complexity index is 918. The van der Waals surface area contributed by atoms with Gasteiger partial charge in [0.05, 0.1) is 0 Å². The predicted octanol–water partition coefficient (Wildman–Crippen LogP) is 5.41. The third kappa shape index (κ3) is 3.30. The average Bonchev–Trinajstić information content (AvgIpc) is 2.95. The molecule has 0 radical (unpaired) electrons. The van der Waals surface area contributed by atoms with Crippen LogP contribution in [-0.2, 0) is 0 Å². The lowest BCUT2D eigenvalue weighted by atomic mass is 9.88. The minimum Gasteiger partial charge on any atom is -0.271 e. The largest absolute Gasteiger partial charge is 0.271 e. The summed E-state index contributed by atoms with van der Waals surface area (Å²) in [6, 6.07) is 12.9. The Morgan fingerprint density at radius 2 is 1.67 bits per heavy atom. The van der Waals surface area contributed by atoms with Crippen molar-refractivity contribution in [1.82, 2.24) is 4.90 Å². The van der Waals surface area contributed by atoms with E-state index in [0.29, 0.717) is 21.3 Å². The molecule has 2 aliphatic rings. The molecule has 1 saturated carbocycles. The van der Waals surface area contributed by atoms with E-state index in [1.165, 1.54) is 12.1 Å². The van der Waals surface area contributed by atoms with Gasteiger partial charge in [0.25, 0.3) is 5.91 Å². The summed E-state index contributed by atoms with van der Waals surface area (Å²) in [5.41, 5.74) is 1.21. The van der Waals surface area contributed by atoms with Gasteiger partial charge in [-0.05, 0) is 74.2 Å². The van der Waals surface area contributed by atoms with Crippen molar-refractivity contribution in [3.8, 4) is 0 Å². The Kier molecular flexibility index (Phi) is 4.82. The highest BCUT2D eigenvalue weighted by atomic mass is 35.5. The molecule has 1 aliphatic heterocycles. The van der Waals surface area contributed by atoms with Gasteiger partial charge in [-0.3, -0.25) is 14.7 Å². The van der Waals surface area contributed by atoms with Crippen molar-refractivity contribution in [3.63, 3.8) is 0 Å². The van der Waals surface area contributed by atoms with Crippen molar-refractivity contribution >= 4 is 40.4 Å². The Morgan fingerprint density at radius 3 is 2.30 bits per heavy atom. The zero-order valence-corrected chi connectivity index (χ0v) is 16.2. The molecule has 138 valence electrons. The van der Waals surface area contributed by atoms with Gasteiger partial charge >= 0.3 is 0 Å². The molecule has 0 saturated heterocycles. The molecule has 1 spiro atoms. The quantitative estimate of drug-likeness (QED) is 0.631. The van der Waals surface area contributed by atoms with Crippen LogP contribution >= 0.6 is 23.8 Å². The Morgan fingerprint density at radius 1 is 1.04 bits per heavy atom. The van der Waals surface area contributed by atoms with Crippen molar-refractivity contribution in [2.45, 2.75) is 37.8 Å². The Labute approximate surface area is 167 Å². The van der Waals surface area contributed by atoms with Crippen molar-refractivity contribution in [1.29, 1.82) is 0 Å². The highest BCUT2D eigenvalue weighted by molar-refractivity contribution is 7.82. The molecule has 2 aromatic carbocycles. The Balaban J connectivity index is 1.76. The van der Waals surface area contributed by atoms with Gasteiger partial charge in [0, 0.05) is 16.1 Å². The fraction of sp³-hybridized carbons (Fsp3) is 0.286. The van der Waals surface area contributed by atoms with Crippen LogP contribution in [0.25, 0.3) is 0 Å². The van der Waals surface area contributed by atoms with Gasteiger partial charge in [-0.15, -0.1) is 0 Å². The summed E-state index contributed by atoms with van der Waals surface area (Å²) in [6.45, 7) is 0. The molecule has 1 heterocycles. The van der Waals surface area contributed by atoms with Crippen molar-refractivity contribution in [2.75, 3.05) is 0 Å². The predicted molar refractivity (Wildman–Crippen MR) is 109 cm³/mol. The van der Waals surface area contributed by atoms with E-state index < -0.39 is 5.66 Å². The molecular weight excluding hydrogens is 383 g/mol. The number of rotatable bonds is 2. The van der Waals surface area contributed by atoms with E-state index in [0.717, 1.165) is 37.7 Å². The third-order valence-electron chi connectivity index (χ3n) is 5.21. The van der Waals surface area contributed by atoms with Crippen LogP contribution in [0.1, 0.15) is 48.0 Å². The first-order valence-corrected chi connectivity index (χ1v) is 9.79. The van der Waals surface area contributed by atoms with E-state index in [1.807, 2.05) is 0 Å². The van der Waals surface area contributed by atoms with E-state index in [2.05, 4.69) is 0 Å². The molecule has 0 N–H and O–H groups in total. The van der Waals surface area contributed by atoms with Gasteiger partial charge in [0.2, 0.25) is 0 Å². The molecule has 0 bridgehead atoms.